The smallest absolute Gasteiger partial charge is 0.103 e. The van der Waals surface area contributed by atoms with E-state index in [1.165, 1.54) is 11.1 Å². The number of hydrogen-bond acceptors (Lipinski definition) is 3. The van der Waals surface area contributed by atoms with Gasteiger partial charge in [0.25, 0.3) is 0 Å². The van der Waals surface area contributed by atoms with Gasteiger partial charge in [0.05, 0.1) is 5.69 Å². The first-order valence-electron chi connectivity index (χ1n) is 7.21. The van der Waals surface area contributed by atoms with Gasteiger partial charge in [-0.3, -0.25) is 4.98 Å². The average Bonchev–Trinajstić information content (AvgIpc) is 2.54. The van der Waals surface area contributed by atoms with Crippen molar-refractivity contribution in [2.24, 2.45) is 11.1 Å². The number of benzene rings is 1. The van der Waals surface area contributed by atoms with E-state index in [4.69, 9.17) is 5.73 Å². The third-order valence-corrected chi connectivity index (χ3v) is 5.04. The number of nitrogens with zero attached hydrogens (tertiary/aromatic N) is 1. The van der Waals surface area contributed by atoms with Gasteiger partial charge in [0.2, 0.25) is 0 Å². The lowest BCUT2D eigenvalue weighted by molar-refractivity contribution is 0.0146. The molecule has 0 aliphatic heterocycles. The number of aromatic nitrogens is 1. The molecule has 3 nitrogen and oxygen atoms in total. The third-order valence-electron chi connectivity index (χ3n) is 4.57. The molecule has 1 aliphatic rings. The Hall–Kier alpha value is -1.23. The molecule has 0 amide bonds. The summed E-state index contributed by atoms with van der Waals surface area (Å²) in [5.41, 5.74) is 9.11. The van der Waals surface area contributed by atoms with Crippen LogP contribution in [0.4, 0.5) is 0 Å². The van der Waals surface area contributed by atoms with Crippen LogP contribution >= 0.6 is 15.9 Å². The van der Waals surface area contributed by atoms with Crippen LogP contribution in [0, 0.1) is 5.41 Å². The fourth-order valence-electron chi connectivity index (χ4n) is 3.21. The number of rotatable bonds is 3. The molecule has 3 N–H and O–H groups in total. The standard InChI is InChI=1S/C17H19BrN2O/c18-14-5-6-15(20-10-14)16(21)17(11-19)8-7-12-3-1-2-4-13(12)9-17/h1-6,10,16,21H,7-9,11,19H2. The quantitative estimate of drug-likeness (QED) is 0.897. The number of hydrogen-bond donors (Lipinski definition) is 2. The first-order chi connectivity index (χ1) is 10.1. The fourth-order valence-corrected chi connectivity index (χ4v) is 3.44. The molecule has 0 fully saturated rings. The average molecular weight is 347 g/mol. The molecule has 0 saturated carbocycles. The van der Waals surface area contributed by atoms with E-state index in [-0.39, 0.29) is 5.41 Å². The first kappa shape index (κ1) is 14.7. The number of nitrogens with two attached hydrogens (primary N) is 1. The predicted molar refractivity (Wildman–Crippen MR) is 86.9 cm³/mol. The molecule has 1 aromatic carbocycles. The van der Waals surface area contributed by atoms with Crippen LogP contribution in [0.5, 0.6) is 0 Å². The molecule has 1 heterocycles. The topological polar surface area (TPSA) is 59.1 Å². The molecular weight excluding hydrogens is 328 g/mol. The zero-order valence-corrected chi connectivity index (χ0v) is 13.4. The Balaban J connectivity index is 1.93. The van der Waals surface area contributed by atoms with Crippen LogP contribution in [0.1, 0.15) is 29.3 Å². The van der Waals surface area contributed by atoms with Crippen molar-refractivity contribution in [3.05, 3.63) is 63.9 Å². The van der Waals surface area contributed by atoms with Crippen molar-refractivity contribution in [3.8, 4) is 0 Å². The molecule has 3 rings (SSSR count). The fraction of sp³-hybridized carbons (Fsp3) is 0.353. The number of halogens is 1. The van der Waals surface area contributed by atoms with Crippen LogP contribution < -0.4 is 5.73 Å². The molecule has 1 aliphatic carbocycles. The van der Waals surface area contributed by atoms with E-state index in [1.807, 2.05) is 12.1 Å². The highest BCUT2D eigenvalue weighted by Gasteiger charge is 2.41. The molecule has 0 saturated heterocycles. The van der Waals surface area contributed by atoms with E-state index in [0.717, 1.165) is 23.7 Å². The molecule has 0 bridgehead atoms. The predicted octanol–water partition coefficient (Wildman–Crippen LogP) is 3.01. The summed E-state index contributed by atoms with van der Waals surface area (Å²) >= 11 is 3.37. The maximum absolute atomic E-state index is 10.9. The summed E-state index contributed by atoms with van der Waals surface area (Å²) < 4.78 is 0.911. The van der Waals surface area contributed by atoms with Crippen molar-refractivity contribution in [2.45, 2.75) is 25.4 Å². The number of fused-ring (bicyclic) bond motifs is 1. The first-order valence-corrected chi connectivity index (χ1v) is 8.00. The van der Waals surface area contributed by atoms with Gasteiger partial charge in [-0.05, 0) is 58.5 Å². The minimum absolute atomic E-state index is 0.324. The summed E-state index contributed by atoms with van der Waals surface area (Å²) in [5, 5.41) is 10.9. The lowest BCUT2D eigenvalue weighted by Crippen LogP contribution is -2.42. The van der Waals surface area contributed by atoms with Gasteiger partial charge >= 0.3 is 0 Å². The van der Waals surface area contributed by atoms with Gasteiger partial charge in [-0.1, -0.05) is 24.3 Å². The van der Waals surface area contributed by atoms with E-state index >= 15 is 0 Å². The molecule has 1 aromatic heterocycles. The molecule has 2 aromatic rings. The Morgan fingerprint density at radius 1 is 1.24 bits per heavy atom. The highest BCUT2D eigenvalue weighted by Crippen LogP contribution is 2.43. The zero-order valence-electron chi connectivity index (χ0n) is 11.8. The summed E-state index contributed by atoms with van der Waals surface area (Å²) in [4.78, 5) is 4.35. The summed E-state index contributed by atoms with van der Waals surface area (Å²) in [6.45, 7) is 0.459. The summed E-state index contributed by atoms with van der Waals surface area (Å²) in [6.07, 6.45) is 3.74. The van der Waals surface area contributed by atoms with Gasteiger partial charge < -0.3 is 10.8 Å². The molecule has 0 spiro atoms. The number of pyridine rings is 1. The second-order valence-electron chi connectivity index (χ2n) is 5.82. The van der Waals surface area contributed by atoms with Gasteiger partial charge in [0, 0.05) is 22.6 Å². The van der Waals surface area contributed by atoms with Crippen LogP contribution in [-0.2, 0) is 12.8 Å². The molecule has 110 valence electrons. The number of aliphatic hydroxyl groups excluding tert-OH is 1. The van der Waals surface area contributed by atoms with Crippen LogP contribution in [0.2, 0.25) is 0 Å². The highest BCUT2D eigenvalue weighted by molar-refractivity contribution is 9.10. The SMILES string of the molecule is NCC1(C(O)c2ccc(Br)cn2)CCc2ccccc2C1. The van der Waals surface area contributed by atoms with Crippen LogP contribution in [0.25, 0.3) is 0 Å². The molecule has 2 unspecified atom stereocenters. The van der Waals surface area contributed by atoms with E-state index in [0.29, 0.717) is 12.2 Å². The molecule has 0 radical (unpaired) electrons. The van der Waals surface area contributed by atoms with Crippen molar-refractivity contribution in [1.29, 1.82) is 0 Å². The monoisotopic (exact) mass is 346 g/mol. The molecule has 4 heteroatoms. The van der Waals surface area contributed by atoms with Gasteiger partial charge in [-0.2, -0.15) is 0 Å². The lowest BCUT2D eigenvalue weighted by atomic mass is 9.67. The minimum Gasteiger partial charge on any atom is -0.386 e. The Labute approximate surface area is 133 Å². The lowest BCUT2D eigenvalue weighted by Gasteiger charge is -2.40. The van der Waals surface area contributed by atoms with Crippen molar-refractivity contribution < 1.29 is 5.11 Å². The summed E-state index contributed by atoms with van der Waals surface area (Å²) in [6, 6.07) is 12.2. The third kappa shape index (κ3) is 2.76. The largest absolute Gasteiger partial charge is 0.386 e. The maximum Gasteiger partial charge on any atom is 0.103 e. The molecular formula is C17H19BrN2O. The van der Waals surface area contributed by atoms with Gasteiger partial charge in [-0.25, -0.2) is 0 Å². The second kappa shape index (κ2) is 5.87. The Morgan fingerprint density at radius 3 is 2.67 bits per heavy atom. The Bertz CT molecular complexity index is 629. The van der Waals surface area contributed by atoms with E-state index in [2.05, 4.69) is 45.2 Å². The van der Waals surface area contributed by atoms with Crippen molar-refractivity contribution in [1.82, 2.24) is 4.98 Å². The van der Waals surface area contributed by atoms with E-state index < -0.39 is 6.10 Å². The van der Waals surface area contributed by atoms with Crippen molar-refractivity contribution in [3.63, 3.8) is 0 Å². The molecule has 2 atom stereocenters. The normalized spacial score (nSPS) is 22.6. The van der Waals surface area contributed by atoms with Crippen LogP contribution in [0.3, 0.4) is 0 Å². The second-order valence-corrected chi connectivity index (χ2v) is 6.73. The van der Waals surface area contributed by atoms with Crippen molar-refractivity contribution in [2.75, 3.05) is 6.54 Å². The zero-order chi connectivity index (χ0) is 14.9. The van der Waals surface area contributed by atoms with Crippen molar-refractivity contribution >= 4 is 15.9 Å². The Kier molecular flexibility index (Phi) is 4.11. The maximum atomic E-state index is 10.9. The van der Waals surface area contributed by atoms with Gasteiger partial charge in [0.15, 0.2) is 0 Å². The van der Waals surface area contributed by atoms with Gasteiger partial charge in [-0.15, -0.1) is 0 Å². The van der Waals surface area contributed by atoms with Crippen LogP contribution in [-0.4, -0.2) is 16.6 Å². The van der Waals surface area contributed by atoms with Crippen LogP contribution in [0.15, 0.2) is 47.1 Å². The highest BCUT2D eigenvalue weighted by atomic mass is 79.9. The Morgan fingerprint density at radius 2 is 2.00 bits per heavy atom. The number of aliphatic hydroxyl groups is 1. The van der Waals surface area contributed by atoms with E-state index in [1.54, 1.807) is 6.20 Å². The van der Waals surface area contributed by atoms with E-state index in [9.17, 15) is 5.11 Å². The summed E-state index contributed by atoms with van der Waals surface area (Å²) in [5.74, 6) is 0. The molecule has 21 heavy (non-hydrogen) atoms. The minimum atomic E-state index is -0.635. The summed E-state index contributed by atoms with van der Waals surface area (Å²) in [7, 11) is 0. The number of aryl methyl sites for hydroxylation is 1. The van der Waals surface area contributed by atoms with Gasteiger partial charge in [0.1, 0.15) is 6.10 Å².